The van der Waals surface area contributed by atoms with Crippen LogP contribution in [0, 0.1) is 0 Å². The van der Waals surface area contributed by atoms with Crippen molar-refractivity contribution in [1.82, 2.24) is 9.29 Å². The zero-order valence-corrected chi connectivity index (χ0v) is 21.0. The van der Waals surface area contributed by atoms with Gasteiger partial charge in [-0.2, -0.15) is 4.31 Å². The molecule has 0 atom stereocenters. The first kappa shape index (κ1) is 25.2. The number of aromatic hydroxyl groups is 1. The van der Waals surface area contributed by atoms with Crippen molar-refractivity contribution in [2.75, 3.05) is 17.7 Å². The highest BCUT2D eigenvalue weighted by Crippen LogP contribution is 2.41. The SMILES string of the molecule is CCC1(Nc2c(Nc3ccc(Cl)c(S(=O)(=O)N(C)Cc4ccccn4)c3O)c(=O)c2=O)CCCC1. The van der Waals surface area contributed by atoms with Gasteiger partial charge in [-0.05, 0) is 43.5 Å². The van der Waals surface area contributed by atoms with Gasteiger partial charge in [-0.15, -0.1) is 0 Å². The Bertz CT molecular complexity index is 1410. The van der Waals surface area contributed by atoms with E-state index in [2.05, 4.69) is 15.6 Å². The summed E-state index contributed by atoms with van der Waals surface area (Å²) in [6.07, 6.45) is 6.18. The standard InChI is InChI=1S/C24H27ClN4O5S/c1-3-24(11-5-6-12-24)28-19-18(21(31)22(19)32)27-17-10-9-16(25)23(20(17)30)35(33,34)29(2)14-15-8-4-7-13-26-15/h4,7-10,13,27-28,30H,3,5-6,11-12,14H2,1-2H3. The summed E-state index contributed by atoms with van der Waals surface area (Å²) in [6.45, 7) is 1.99. The number of hydrogen-bond donors (Lipinski definition) is 3. The second-order valence-corrected chi connectivity index (χ2v) is 11.2. The highest BCUT2D eigenvalue weighted by Gasteiger charge is 2.36. The van der Waals surface area contributed by atoms with Gasteiger partial charge in [-0.25, -0.2) is 8.42 Å². The number of phenols is 1. The fourth-order valence-electron chi connectivity index (χ4n) is 4.50. The van der Waals surface area contributed by atoms with E-state index in [0.29, 0.717) is 5.69 Å². The Kier molecular flexibility index (Phi) is 6.90. The molecule has 2 aromatic carbocycles. The van der Waals surface area contributed by atoms with Gasteiger partial charge in [0.05, 0.1) is 22.9 Å². The van der Waals surface area contributed by atoms with E-state index in [9.17, 15) is 23.1 Å². The topological polar surface area (TPSA) is 129 Å². The molecule has 4 rings (SSSR count). The third-order valence-corrected chi connectivity index (χ3v) is 8.97. The number of sulfonamides is 1. The molecule has 3 N–H and O–H groups in total. The molecule has 0 saturated heterocycles. The minimum absolute atomic E-state index is 0.00228. The first-order chi connectivity index (χ1) is 16.6. The van der Waals surface area contributed by atoms with Gasteiger partial charge in [0.15, 0.2) is 5.75 Å². The van der Waals surface area contributed by atoms with Crippen LogP contribution in [0.2, 0.25) is 5.02 Å². The summed E-state index contributed by atoms with van der Waals surface area (Å²) < 4.78 is 27.6. The maximum absolute atomic E-state index is 13.3. The lowest BCUT2D eigenvalue weighted by Gasteiger charge is -2.31. The largest absolute Gasteiger partial charge is 0.504 e. The first-order valence-corrected chi connectivity index (χ1v) is 13.2. The van der Waals surface area contributed by atoms with Gasteiger partial charge in [0, 0.05) is 18.8 Å². The van der Waals surface area contributed by atoms with Crippen molar-refractivity contribution < 1.29 is 13.5 Å². The highest BCUT2D eigenvalue weighted by atomic mass is 35.5. The summed E-state index contributed by atoms with van der Waals surface area (Å²) in [6, 6.07) is 7.81. The Labute approximate surface area is 208 Å². The maximum Gasteiger partial charge on any atom is 0.253 e. The molecule has 1 heterocycles. The predicted octanol–water partition coefficient (Wildman–Crippen LogP) is 3.74. The molecule has 3 aromatic rings. The van der Waals surface area contributed by atoms with E-state index in [1.54, 1.807) is 24.4 Å². The average molecular weight is 519 g/mol. The third-order valence-electron chi connectivity index (χ3n) is 6.66. The minimum atomic E-state index is -4.23. The van der Waals surface area contributed by atoms with E-state index in [1.165, 1.54) is 19.2 Å². The Balaban J connectivity index is 1.65. The van der Waals surface area contributed by atoms with Crippen LogP contribution in [0.1, 0.15) is 44.7 Å². The zero-order valence-electron chi connectivity index (χ0n) is 19.5. The second-order valence-electron chi connectivity index (χ2n) is 8.85. The number of nitrogens with zero attached hydrogens (tertiary/aromatic N) is 2. The molecule has 9 nitrogen and oxygen atoms in total. The Morgan fingerprint density at radius 3 is 2.43 bits per heavy atom. The molecule has 0 spiro atoms. The van der Waals surface area contributed by atoms with Crippen LogP contribution < -0.4 is 21.5 Å². The molecule has 1 aliphatic rings. The molecular weight excluding hydrogens is 492 g/mol. The lowest BCUT2D eigenvalue weighted by atomic mass is 9.93. The smallest absolute Gasteiger partial charge is 0.253 e. The zero-order chi connectivity index (χ0) is 25.4. The van der Waals surface area contributed by atoms with E-state index >= 15 is 0 Å². The summed E-state index contributed by atoms with van der Waals surface area (Å²) in [5.74, 6) is -0.643. The van der Waals surface area contributed by atoms with Gasteiger partial charge in [-0.3, -0.25) is 14.6 Å². The summed E-state index contributed by atoms with van der Waals surface area (Å²) in [5.41, 5.74) is -1.01. The lowest BCUT2D eigenvalue weighted by Crippen LogP contribution is -2.43. The van der Waals surface area contributed by atoms with Crippen LogP contribution in [-0.2, 0) is 16.6 Å². The van der Waals surface area contributed by atoms with E-state index < -0.39 is 31.5 Å². The van der Waals surface area contributed by atoms with E-state index in [4.69, 9.17) is 11.6 Å². The van der Waals surface area contributed by atoms with E-state index in [1.807, 2.05) is 6.92 Å². The van der Waals surface area contributed by atoms with Gasteiger partial charge in [-0.1, -0.05) is 37.4 Å². The Morgan fingerprint density at radius 1 is 1.11 bits per heavy atom. The number of anilines is 3. The molecular formula is C24H27ClN4O5S. The highest BCUT2D eigenvalue weighted by molar-refractivity contribution is 7.89. The summed E-state index contributed by atoms with van der Waals surface area (Å²) in [5, 5.41) is 16.7. The van der Waals surface area contributed by atoms with Crippen molar-refractivity contribution in [3.05, 3.63) is 67.7 Å². The number of halogens is 1. The van der Waals surface area contributed by atoms with Crippen molar-refractivity contribution in [3.8, 4) is 5.75 Å². The first-order valence-electron chi connectivity index (χ1n) is 11.4. The molecule has 186 valence electrons. The number of aromatic nitrogens is 1. The van der Waals surface area contributed by atoms with Crippen LogP contribution in [0.25, 0.3) is 0 Å². The van der Waals surface area contributed by atoms with Gasteiger partial charge in [0.25, 0.3) is 10.9 Å². The van der Waals surface area contributed by atoms with Crippen LogP contribution in [0.3, 0.4) is 0 Å². The third kappa shape index (κ3) is 4.65. The van der Waals surface area contributed by atoms with Crippen LogP contribution >= 0.6 is 11.6 Å². The molecule has 35 heavy (non-hydrogen) atoms. The number of nitrogens with one attached hydrogen (secondary N) is 2. The monoisotopic (exact) mass is 518 g/mol. The molecule has 0 radical (unpaired) electrons. The van der Waals surface area contributed by atoms with Crippen molar-refractivity contribution in [3.63, 3.8) is 0 Å². The number of pyridine rings is 1. The van der Waals surface area contributed by atoms with Gasteiger partial charge < -0.3 is 15.7 Å². The second kappa shape index (κ2) is 9.60. The fourth-order valence-corrected chi connectivity index (χ4v) is 6.23. The van der Waals surface area contributed by atoms with Crippen molar-refractivity contribution in [1.29, 1.82) is 0 Å². The quantitative estimate of drug-likeness (QED) is 0.288. The molecule has 1 aromatic heterocycles. The van der Waals surface area contributed by atoms with Gasteiger partial charge in [0.2, 0.25) is 10.0 Å². The minimum Gasteiger partial charge on any atom is -0.504 e. The Hall–Kier alpha value is -2.95. The number of benzene rings is 1. The molecule has 0 aliphatic heterocycles. The molecule has 1 aliphatic carbocycles. The lowest BCUT2D eigenvalue weighted by molar-refractivity contribution is 0.439. The molecule has 0 amide bonds. The van der Waals surface area contributed by atoms with Crippen LogP contribution in [-0.4, -0.2) is 35.4 Å². The number of rotatable bonds is 9. The van der Waals surface area contributed by atoms with Gasteiger partial charge >= 0.3 is 0 Å². The molecule has 0 unspecified atom stereocenters. The van der Waals surface area contributed by atoms with Crippen molar-refractivity contribution in [2.45, 2.75) is 56.0 Å². The summed E-state index contributed by atoms with van der Waals surface area (Å²) >= 11 is 6.19. The van der Waals surface area contributed by atoms with Crippen molar-refractivity contribution >= 4 is 38.7 Å². The normalized spacial score (nSPS) is 15.5. The van der Waals surface area contributed by atoms with Crippen LogP contribution in [0.5, 0.6) is 5.75 Å². The fraction of sp³-hybridized carbons (Fsp3) is 0.375. The molecule has 1 saturated carbocycles. The van der Waals surface area contributed by atoms with E-state index in [-0.39, 0.29) is 34.2 Å². The molecule has 0 bridgehead atoms. The predicted molar refractivity (Wildman–Crippen MR) is 136 cm³/mol. The van der Waals surface area contributed by atoms with Crippen LogP contribution in [0.15, 0.2) is 51.0 Å². The molecule has 1 fully saturated rings. The number of hydrogen-bond acceptors (Lipinski definition) is 8. The van der Waals surface area contributed by atoms with E-state index in [0.717, 1.165) is 36.4 Å². The average Bonchev–Trinajstić information content (AvgIpc) is 3.32. The van der Waals surface area contributed by atoms with Gasteiger partial charge in [0.1, 0.15) is 16.3 Å². The maximum atomic E-state index is 13.3. The molecule has 11 heteroatoms. The van der Waals surface area contributed by atoms with Crippen LogP contribution in [0.4, 0.5) is 17.1 Å². The summed E-state index contributed by atoms with van der Waals surface area (Å²) in [4.78, 5) is 28.3. The number of phenolic OH excluding ortho intramolecular Hbond substituents is 1. The summed E-state index contributed by atoms with van der Waals surface area (Å²) in [7, 11) is -2.88. The van der Waals surface area contributed by atoms with Crippen molar-refractivity contribution in [2.24, 2.45) is 0 Å². The Morgan fingerprint density at radius 2 is 1.80 bits per heavy atom.